The number of benzene rings is 1. The number of nitrogens with one attached hydrogen (secondary N) is 4. The van der Waals surface area contributed by atoms with Crippen molar-refractivity contribution < 1.29 is 24.3 Å². The molecule has 7 N–H and O–H groups in total. The number of aromatic nitrogens is 1. The minimum Gasteiger partial charge on any atom is -0.480 e. The molecule has 2 aromatic rings. The van der Waals surface area contributed by atoms with Crippen LogP contribution in [0.25, 0.3) is 10.9 Å². The van der Waals surface area contributed by atoms with Crippen LogP contribution in [-0.2, 0) is 25.6 Å². The molecule has 10 nitrogen and oxygen atoms in total. The molecule has 36 heavy (non-hydrogen) atoms. The molecule has 2 rings (SSSR count). The maximum Gasteiger partial charge on any atom is 0.326 e. The number of aromatic amines is 1. The Balaban J connectivity index is 2.09. The summed E-state index contributed by atoms with van der Waals surface area (Å²) in [6.45, 7) is 7.33. The van der Waals surface area contributed by atoms with Crippen LogP contribution >= 0.6 is 12.6 Å². The van der Waals surface area contributed by atoms with Gasteiger partial charge >= 0.3 is 5.97 Å². The molecule has 1 aromatic carbocycles. The van der Waals surface area contributed by atoms with Gasteiger partial charge in [0.25, 0.3) is 0 Å². The summed E-state index contributed by atoms with van der Waals surface area (Å²) < 4.78 is 0. The largest absolute Gasteiger partial charge is 0.480 e. The summed E-state index contributed by atoms with van der Waals surface area (Å²) in [6, 6.07) is 3.47. The fraction of sp³-hybridized carbons (Fsp3) is 0.520. The Hall–Kier alpha value is -3.05. The van der Waals surface area contributed by atoms with Crippen molar-refractivity contribution in [3.63, 3.8) is 0 Å². The molecule has 198 valence electrons. The van der Waals surface area contributed by atoms with E-state index in [1.165, 1.54) is 0 Å². The molecule has 4 unspecified atom stereocenters. The lowest BCUT2D eigenvalue weighted by atomic mass is 10.0. The van der Waals surface area contributed by atoms with E-state index in [0.717, 1.165) is 16.5 Å². The summed E-state index contributed by atoms with van der Waals surface area (Å²) in [7, 11) is 0. The number of aliphatic carboxylic acids is 1. The Bertz CT molecular complexity index is 1070. The van der Waals surface area contributed by atoms with E-state index in [4.69, 9.17) is 5.73 Å². The average Bonchev–Trinajstić information content (AvgIpc) is 3.22. The number of para-hydroxylation sites is 1. The number of carbonyl (C=O) groups excluding carboxylic acids is 3. The van der Waals surface area contributed by atoms with Gasteiger partial charge in [-0.05, 0) is 29.9 Å². The van der Waals surface area contributed by atoms with Crippen molar-refractivity contribution in [3.8, 4) is 0 Å². The Morgan fingerprint density at radius 2 is 1.61 bits per heavy atom. The Morgan fingerprint density at radius 3 is 2.19 bits per heavy atom. The third-order valence-corrected chi connectivity index (χ3v) is 6.20. The Kier molecular flexibility index (Phi) is 10.8. The highest BCUT2D eigenvalue weighted by Gasteiger charge is 2.32. The van der Waals surface area contributed by atoms with Crippen molar-refractivity contribution in [3.05, 3.63) is 36.0 Å². The molecule has 4 atom stereocenters. The number of rotatable bonds is 13. The summed E-state index contributed by atoms with van der Waals surface area (Å²) in [4.78, 5) is 53.4. The van der Waals surface area contributed by atoms with Crippen molar-refractivity contribution in [2.45, 2.75) is 64.7 Å². The molecule has 0 saturated carbocycles. The van der Waals surface area contributed by atoms with Crippen LogP contribution < -0.4 is 21.7 Å². The maximum atomic E-state index is 13.1. The van der Waals surface area contributed by atoms with Crippen molar-refractivity contribution >= 4 is 47.2 Å². The zero-order valence-corrected chi connectivity index (χ0v) is 22.0. The predicted octanol–water partition coefficient (Wildman–Crippen LogP) is 1.21. The van der Waals surface area contributed by atoms with E-state index < -0.39 is 47.9 Å². The number of thiol groups is 1. The van der Waals surface area contributed by atoms with Crippen LogP contribution in [0.15, 0.2) is 30.5 Å². The van der Waals surface area contributed by atoms with Crippen LogP contribution in [0.2, 0.25) is 0 Å². The molecule has 1 heterocycles. The van der Waals surface area contributed by atoms with E-state index in [9.17, 15) is 24.3 Å². The van der Waals surface area contributed by atoms with Crippen LogP contribution in [-0.4, -0.2) is 63.7 Å². The highest BCUT2D eigenvalue weighted by atomic mass is 32.1. The van der Waals surface area contributed by atoms with Gasteiger partial charge in [-0.3, -0.25) is 14.4 Å². The van der Waals surface area contributed by atoms with Gasteiger partial charge in [-0.25, -0.2) is 4.79 Å². The quantitative estimate of drug-likeness (QED) is 0.196. The Labute approximate surface area is 216 Å². The third-order valence-electron chi connectivity index (χ3n) is 5.84. The second-order valence-electron chi connectivity index (χ2n) is 9.67. The summed E-state index contributed by atoms with van der Waals surface area (Å²) in [5, 5.41) is 18.4. The second-order valence-corrected chi connectivity index (χ2v) is 10.0. The normalized spacial score (nSPS) is 14.8. The van der Waals surface area contributed by atoms with Gasteiger partial charge in [0.1, 0.15) is 18.1 Å². The summed E-state index contributed by atoms with van der Waals surface area (Å²) in [5.41, 5.74) is 7.51. The number of amides is 3. The van der Waals surface area contributed by atoms with Gasteiger partial charge in [-0.15, -0.1) is 0 Å². The fourth-order valence-corrected chi connectivity index (χ4v) is 4.12. The average molecular weight is 520 g/mol. The molecule has 0 aliphatic carbocycles. The molecule has 0 aliphatic heterocycles. The van der Waals surface area contributed by atoms with Crippen LogP contribution in [0.5, 0.6) is 0 Å². The highest BCUT2D eigenvalue weighted by Crippen LogP contribution is 2.19. The maximum absolute atomic E-state index is 13.1. The lowest BCUT2D eigenvalue weighted by Crippen LogP contribution is -2.59. The molecular formula is C25H37N5O5S. The number of hydrogen-bond acceptors (Lipinski definition) is 6. The molecule has 1 aromatic heterocycles. The smallest absolute Gasteiger partial charge is 0.326 e. The van der Waals surface area contributed by atoms with Gasteiger partial charge in [0, 0.05) is 29.3 Å². The standard InChI is InChI=1S/C25H37N5O5S/c1-13(2)9-17(26)22(31)29-20(12-36)23(32)30-21(14(3)4)24(33)28-19(25(34)35)10-15-11-27-18-8-6-5-7-16(15)18/h5-8,11,13-14,17,19-21,27,36H,9-10,12,26H2,1-4H3,(H,28,33)(H,29,31)(H,30,32)(H,34,35). The van der Waals surface area contributed by atoms with Crippen LogP contribution in [0.4, 0.5) is 0 Å². The fourth-order valence-electron chi connectivity index (χ4n) is 3.86. The molecule has 0 fully saturated rings. The van der Waals surface area contributed by atoms with Gasteiger partial charge < -0.3 is 31.8 Å². The molecule has 0 spiro atoms. The number of hydrogen-bond donors (Lipinski definition) is 7. The van der Waals surface area contributed by atoms with Gasteiger partial charge in [0.05, 0.1) is 6.04 Å². The van der Waals surface area contributed by atoms with Gasteiger partial charge in [0.2, 0.25) is 17.7 Å². The van der Waals surface area contributed by atoms with E-state index in [-0.39, 0.29) is 24.0 Å². The SMILES string of the molecule is CC(C)CC(N)C(=O)NC(CS)C(=O)NC(C(=O)NC(Cc1c[nH]c2ccccc12)C(=O)O)C(C)C. The van der Waals surface area contributed by atoms with Crippen LogP contribution in [0.3, 0.4) is 0 Å². The van der Waals surface area contributed by atoms with E-state index in [0.29, 0.717) is 6.42 Å². The van der Waals surface area contributed by atoms with Crippen molar-refractivity contribution in [1.82, 2.24) is 20.9 Å². The molecule has 0 aliphatic rings. The van der Waals surface area contributed by atoms with Crippen molar-refractivity contribution in [2.75, 3.05) is 5.75 Å². The first-order chi connectivity index (χ1) is 16.9. The number of fused-ring (bicyclic) bond motifs is 1. The third kappa shape index (κ3) is 7.99. The number of H-pyrrole nitrogens is 1. The van der Waals surface area contributed by atoms with Gasteiger partial charge in [-0.2, -0.15) is 12.6 Å². The molecular weight excluding hydrogens is 482 g/mol. The predicted molar refractivity (Wildman–Crippen MR) is 142 cm³/mol. The molecule has 0 saturated heterocycles. The van der Waals surface area contributed by atoms with Crippen LogP contribution in [0, 0.1) is 11.8 Å². The number of carbonyl (C=O) groups is 4. The number of carboxylic acid groups (broad SMARTS) is 1. The lowest BCUT2D eigenvalue weighted by Gasteiger charge is -2.26. The highest BCUT2D eigenvalue weighted by molar-refractivity contribution is 7.80. The molecule has 0 bridgehead atoms. The minimum atomic E-state index is -1.20. The van der Waals surface area contributed by atoms with E-state index in [1.807, 2.05) is 38.1 Å². The molecule has 11 heteroatoms. The van der Waals surface area contributed by atoms with E-state index >= 15 is 0 Å². The van der Waals surface area contributed by atoms with Crippen molar-refractivity contribution in [1.29, 1.82) is 0 Å². The Morgan fingerprint density at radius 1 is 0.972 bits per heavy atom. The zero-order chi connectivity index (χ0) is 27.0. The van der Waals surface area contributed by atoms with Gasteiger partial charge in [-0.1, -0.05) is 45.9 Å². The minimum absolute atomic E-state index is 0.00325. The first kappa shape index (κ1) is 29.2. The first-order valence-corrected chi connectivity index (χ1v) is 12.6. The lowest BCUT2D eigenvalue weighted by molar-refractivity contribution is -0.142. The van der Waals surface area contributed by atoms with E-state index in [1.54, 1.807) is 20.0 Å². The van der Waals surface area contributed by atoms with Gasteiger partial charge in [0.15, 0.2) is 0 Å². The van der Waals surface area contributed by atoms with Crippen molar-refractivity contribution in [2.24, 2.45) is 17.6 Å². The monoisotopic (exact) mass is 519 g/mol. The van der Waals surface area contributed by atoms with E-state index in [2.05, 4.69) is 33.6 Å². The molecule has 0 radical (unpaired) electrons. The molecule has 3 amide bonds. The number of nitrogens with two attached hydrogens (primary N) is 1. The first-order valence-electron chi connectivity index (χ1n) is 12.0. The van der Waals surface area contributed by atoms with Crippen LogP contribution in [0.1, 0.15) is 39.7 Å². The summed E-state index contributed by atoms with van der Waals surface area (Å²) in [5.74, 6) is -3.06. The summed E-state index contributed by atoms with van der Waals surface area (Å²) in [6.07, 6.45) is 2.24. The zero-order valence-electron chi connectivity index (χ0n) is 21.1. The summed E-state index contributed by atoms with van der Waals surface area (Å²) >= 11 is 4.16. The second kappa shape index (κ2) is 13.3. The number of carboxylic acids is 1. The topological polar surface area (TPSA) is 166 Å².